The molecule has 2 atom stereocenters. The van der Waals surface area contributed by atoms with Gasteiger partial charge in [0, 0.05) is 13.0 Å². The molecule has 0 bridgehead atoms. The minimum absolute atomic E-state index is 0.0984. The van der Waals surface area contributed by atoms with Crippen LogP contribution in [0.3, 0.4) is 0 Å². The number of sulfonamides is 1. The van der Waals surface area contributed by atoms with Crippen molar-refractivity contribution in [3.63, 3.8) is 0 Å². The van der Waals surface area contributed by atoms with Gasteiger partial charge in [-0.1, -0.05) is 39.3 Å². The van der Waals surface area contributed by atoms with Crippen molar-refractivity contribution in [1.82, 2.24) is 0 Å². The van der Waals surface area contributed by atoms with Crippen molar-refractivity contribution >= 4 is 27.3 Å². The summed E-state index contributed by atoms with van der Waals surface area (Å²) in [6.45, 7) is 5.95. The maximum absolute atomic E-state index is 12.3. The Balaban J connectivity index is 3.03. The first-order valence-electron chi connectivity index (χ1n) is 7.02. The van der Waals surface area contributed by atoms with Crippen LogP contribution in [0.25, 0.3) is 0 Å². The number of hydrogen-bond acceptors (Lipinski definition) is 3. The average Bonchev–Trinajstić information content (AvgIpc) is 2.44. The quantitative estimate of drug-likeness (QED) is 0.878. The second kappa shape index (κ2) is 6.93. The Labute approximate surface area is 127 Å². The van der Waals surface area contributed by atoms with Gasteiger partial charge in [-0.3, -0.25) is 9.10 Å². The number of amides is 1. The largest absolute Gasteiger partial charge is 0.324 e. The second-order valence-corrected chi connectivity index (χ2v) is 7.42. The molecule has 0 aliphatic rings. The van der Waals surface area contributed by atoms with Crippen LogP contribution in [0.2, 0.25) is 0 Å². The van der Waals surface area contributed by atoms with Crippen molar-refractivity contribution in [2.24, 2.45) is 11.8 Å². The Hall–Kier alpha value is -1.56. The van der Waals surface area contributed by atoms with Gasteiger partial charge in [0.25, 0.3) is 0 Å². The summed E-state index contributed by atoms with van der Waals surface area (Å²) in [5, 5.41) is 2.83. The normalized spacial score (nSPS) is 14.3. The number of rotatable bonds is 6. The van der Waals surface area contributed by atoms with E-state index in [1.807, 2.05) is 20.8 Å². The van der Waals surface area contributed by atoms with Gasteiger partial charge in [-0.2, -0.15) is 0 Å². The summed E-state index contributed by atoms with van der Waals surface area (Å²) in [7, 11) is -1.90. The molecule has 1 N–H and O–H groups in total. The number of carbonyl (C=O) groups is 1. The van der Waals surface area contributed by atoms with Crippen molar-refractivity contribution in [3.8, 4) is 0 Å². The Morgan fingerprint density at radius 1 is 1.29 bits per heavy atom. The van der Waals surface area contributed by atoms with Crippen LogP contribution in [-0.4, -0.2) is 27.6 Å². The highest BCUT2D eigenvalue weighted by molar-refractivity contribution is 7.92. The SMILES string of the molecule is CC[C@@H](C)[C@@H](C)C(=O)Nc1ccccc1N(C)S(C)(=O)=O. The van der Waals surface area contributed by atoms with E-state index in [9.17, 15) is 13.2 Å². The van der Waals surface area contributed by atoms with Crippen molar-refractivity contribution in [3.05, 3.63) is 24.3 Å². The lowest BCUT2D eigenvalue weighted by Crippen LogP contribution is -2.29. The molecular weight excluding hydrogens is 288 g/mol. The van der Waals surface area contributed by atoms with E-state index in [-0.39, 0.29) is 17.7 Å². The average molecular weight is 312 g/mol. The first-order valence-corrected chi connectivity index (χ1v) is 8.87. The summed E-state index contributed by atoms with van der Waals surface area (Å²) < 4.78 is 24.5. The molecule has 21 heavy (non-hydrogen) atoms. The van der Waals surface area contributed by atoms with Crippen LogP contribution in [0.5, 0.6) is 0 Å². The third kappa shape index (κ3) is 4.46. The minimum atomic E-state index is -3.37. The highest BCUT2D eigenvalue weighted by atomic mass is 32.2. The summed E-state index contributed by atoms with van der Waals surface area (Å²) in [5.41, 5.74) is 0.968. The summed E-state index contributed by atoms with van der Waals surface area (Å²) in [6, 6.07) is 6.89. The van der Waals surface area contributed by atoms with E-state index in [0.29, 0.717) is 11.4 Å². The van der Waals surface area contributed by atoms with Gasteiger partial charge in [0.2, 0.25) is 15.9 Å². The van der Waals surface area contributed by atoms with E-state index in [1.54, 1.807) is 24.3 Å². The lowest BCUT2D eigenvalue weighted by Gasteiger charge is -2.22. The third-order valence-corrected chi connectivity index (χ3v) is 5.10. The zero-order chi connectivity index (χ0) is 16.2. The number of carbonyl (C=O) groups excluding carboxylic acids is 1. The molecule has 0 heterocycles. The number of nitrogens with zero attached hydrogens (tertiary/aromatic N) is 1. The monoisotopic (exact) mass is 312 g/mol. The van der Waals surface area contributed by atoms with Crippen LogP contribution in [0.4, 0.5) is 11.4 Å². The molecule has 1 amide bonds. The van der Waals surface area contributed by atoms with Gasteiger partial charge in [0.15, 0.2) is 0 Å². The molecule has 6 heteroatoms. The van der Waals surface area contributed by atoms with Crippen molar-refractivity contribution in [2.75, 3.05) is 22.9 Å². The van der Waals surface area contributed by atoms with Gasteiger partial charge in [-0.25, -0.2) is 8.42 Å². The fourth-order valence-corrected chi connectivity index (χ4v) is 2.41. The molecule has 0 spiro atoms. The van der Waals surface area contributed by atoms with Gasteiger partial charge in [-0.15, -0.1) is 0 Å². The molecule has 1 rings (SSSR count). The van der Waals surface area contributed by atoms with Gasteiger partial charge >= 0.3 is 0 Å². The number of hydrogen-bond donors (Lipinski definition) is 1. The summed E-state index contributed by atoms with van der Waals surface area (Å²) in [5.74, 6) is 0.0371. The molecule has 1 aromatic rings. The van der Waals surface area contributed by atoms with E-state index in [2.05, 4.69) is 5.32 Å². The summed E-state index contributed by atoms with van der Waals surface area (Å²) in [6.07, 6.45) is 2.05. The van der Waals surface area contributed by atoms with Crippen LogP contribution >= 0.6 is 0 Å². The van der Waals surface area contributed by atoms with Gasteiger partial charge in [0.1, 0.15) is 0 Å². The molecule has 0 aromatic heterocycles. The number of nitrogens with one attached hydrogen (secondary N) is 1. The van der Waals surface area contributed by atoms with E-state index >= 15 is 0 Å². The zero-order valence-corrected chi connectivity index (χ0v) is 14.1. The number of para-hydroxylation sites is 2. The van der Waals surface area contributed by atoms with Crippen LogP contribution in [0, 0.1) is 11.8 Å². The van der Waals surface area contributed by atoms with E-state index in [1.165, 1.54) is 7.05 Å². The highest BCUT2D eigenvalue weighted by Crippen LogP contribution is 2.27. The first kappa shape index (κ1) is 17.5. The topological polar surface area (TPSA) is 66.5 Å². The van der Waals surface area contributed by atoms with E-state index < -0.39 is 10.0 Å². The Morgan fingerprint density at radius 3 is 2.38 bits per heavy atom. The number of anilines is 2. The third-order valence-electron chi connectivity index (χ3n) is 3.91. The van der Waals surface area contributed by atoms with Gasteiger partial charge in [0.05, 0.1) is 17.6 Å². The molecule has 1 aromatic carbocycles. The van der Waals surface area contributed by atoms with E-state index in [4.69, 9.17) is 0 Å². The maximum Gasteiger partial charge on any atom is 0.232 e. The lowest BCUT2D eigenvalue weighted by atomic mass is 9.93. The minimum Gasteiger partial charge on any atom is -0.324 e. The van der Waals surface area contributed by atoms with Crippen LogP contribution in [0.1, 0.15) is 27.2 Å². The number of benzene rings is 1. The second-order valence-electron chi connectivity index (χ2n) is 5.41. The predicted molar refractivity (Wildman–Crippen MR) is 86.9 cm³/mol. The highest BCUT2D eigenvalue weighted by Gasteiger charge is 2.21. The molecule has 0 saturated heterocycles. The zero-order valence-electron chi connectivity index (χ0n) is 13.3. The molecule has 0 fully saturated rings. The predicted octanol–water partition coefficient (Wildman–Crippen LogP) is 2.70. The smallest absolute Gasteiger partial charge is 0.232 e. The fraction of sp³-hybridized carbons (Fsp3) is 0.533. The first-order chi connectivity index (χ1) is 9.68. The van der Waals surface area contributed by atoms with Gasteiger partial charge < -0.3 is 5.32 Å². The summed E-state index contributed by atoms with van der Waals surface area (Å²) >= 11 is 0. The molecule has 0 aliphatic carbocycles. The molecule has 0 radical (unpaired) electrons. The maximum atomic E-state index is 12.3. The van der Waals surface area contributed by atoms with Crippen LogP contribution < -0.4 is 9.62 Å². The Morgan fingerprint density at radius 2 is 1.86 bits per heavy atom. The Bertz CT molecular complexity index is 599. The molecule has 118 valence electrons. The Kier molecular flexibility index (Phi) is 5.78. The van der Waals surface area contributed by atoms with Crippen LogP contribution in [-0.2, 0) is 14.8 Å². The lowest BCUT2D eigenvalue weighted by molar-refractivity contribution is -0.120. The van der Waals surface area contributed by atoms with Crippen molar-refractivity contribution < 1.29 is 13.2 Å². The van der Waals surface area contributed by atoms with Gasteiger partial charge in [-0.05, 0) is 18.1 Å². The molecule has 0 saturated carbocycles. The molecule has 5 nitrogen and oxygen atoms in total. The van der Waals surface area contributed by atoms with Crippen LogP contribution in [0.15, 0.2) is 24.3 Å². The summed E-state index contributed by atoms with van der Waals surface area (Å²) in [4.78, 5) is 12.3. The molecule has 0 aliphatic heterocycles. The van der Waals surface area contributed by atoms with Crippen molar-refractivity contribution in [1.29, 1.82) is 0 Å². The van der Waals surface area contributed by atoms with E-state index in [0.717, 1.165) is 17.0 Å². The molecule has 0 unspecified atom stereocenters. The molecular formula is C15H24N2O3S. The fourth-order valence-electron chi connectivity index (χ4n) is 1.89. The van der Waals surface area contributed by atoms with Crippen molar-refractivity contribution in [2.45, 2.75) is 27.2 Å². The standard InChI is InChI=1S/C15H24N2O3S/c1-6-11(2)12(3)15(18)16-13-9-7-8-10-14(13)17(4)21(5,19)20/h7-12H,6H2,1-5H3,(H,16,18)/t11-,12-/m1/s1.